The molecule has 150 valence electrons. The molecular weight excluding hydrogens is 416 g/mol. The Bertz CT molecular complexity index is 954. The van der Waals surface area contributed by atoms with Gasteiger partial charge in [-0.2, -0.15) is 0 Å². The number of hydrogen-bond donors (Lipinski definition) is 0. The van der Waals surface area contributed by atoms with Crippen LogP contribution in [0, 0.1) is 0 Å². The lowest BCUT2D eigenvalue weighted by Gasteiger charge is -2.06. The van der Waals surface area contributed by atoms with E-state index in [1.54, 1.807) is 47.8 Å². The van der Waals surface area contributed by atoms with Crippen molar-refractivity contribution in [1.29, 1.82) is 0 Å². The van der Waals surface area contributed by atoms with Gasteiger partial charge in [-0.05, 0) is 72.8 Å². The van der Waals surface area contributed by atoms with E-state index >= 15 is 0 Å². The van der Waals surface area contributed by atoms with Crippen LogP contribution in [-0.4, -0.2) is 11.9 Å². The van der Waals surface area contributed by atoms with Crippen molar-refractivity contribution < 1.29 is 19.1 Å². The molecule has 3 aromatic carbocycles. The van der Waals surface area contributed by atoms with Crippen LogP contribution in [0.25, 0.3) is 0 Å². The summed E-state index contributed by atoms with van der Waals surface area (Å²) in [5.41, 5.74) is 0. The molecule has 0 bridgehead atoms. The van der Waals surface area contributed by atoms with Gasteiger partial charge in [-0.25, -0.2) is 9.59 Å². The van der Waals surface area contributed by atoms with Gasteiger partial charge in [-0.1, -0.05) is 36.7 Å². The first kappa shape index (κ1) is 21.5. The van der Waals surface area contributed by atoms with E-state index < -0.39 is 11.9 Å². The topological polar surface area (TPSA) is 52.6 Å². The van der Waals surface area contributed by atoms with E-state index in [-0.39, 0.29) is 0 Å². The summed E-state index contributed by atoms with van der Waals surface area (Å²) >= 11 is 3.24. The van der Waals surface area contributed by atoms with Crippen molar-refractivity contribution in [3.8, 4) is 11.5 Å². The monoisotopic (exact) mass is 434 g/mol. The van der Waals surface area contributed by atoms with Crippen molar-refractivity contribution in [2.24, 2.45) is 0 Å². The maximum atomic E-state index is 11.2. The molecule has 0 atom stereocenters. The maximum absolute atomic E-state index is 11.2. The zero-order valence-corrected chi connectivity index (χ0v) is 17.6. The van der Waals surface area contributed by atoms with Crippen LogP contribution in [0.4, 0.5) is 0 Å². The average Bonchev–Trinajstić information content (AvgIpc) is 2.77. The number of hydrogen-bond acceptors (Lipinski definition) is 6. The number of ether oxygens (including phenoxy) is 2. The van der Waals surface area contributed by atoms with Crippen molar-refractivity contribution in [1.82, 2.24) is 0 Å². The highest BCUT2D eigenvalue weighted by Crippen LogP contribution is 2.33. The second kappa shape index (κ2) is 10.5. The highest BCUT2D eigenvalue weighted by Gasteiger charge is 2.04. The standard InChI is InChI=1S/C24H18O4S2/c1-3-23(25)27-17-5-9-19(10-6-17)29-21-13-15-22(16-14-21)30-20-11-7-18(8-12-20)28-24(26)4-2/h3-16H,1-2H2. The van der Waals surface area contributed by atoms with Crippen molar-refractivity contribution in [3.63, 3.8) is 0 Å². The SMILES string of the molecule is C=CC(=O)Oc1ccc(Sc2ccc(Sc3ccc(OC(=O)C=C)cc3)cc2)cc1. The minimum absolute atomic E-state index is 0.476. The van der Waals surface area contributed by atoms with Crippen LogP contribution in [0.1, 0.15) is 0 Å². The molecular formula is C24H18O4S2. The summed E-state index contributed by atoms with van der Waals surface area (Å²) in [4.78, 5) is 26.7. The predicted octanol–water partition coefficient (Wildman–Crippen LogP) is 6.17. The Hall–Kier alpha value is -3.22. The summed E-state index contributed by atoms with van der Waals surface area (Å²) < 4.78 is 10.2. The van der Waals surface area contributed by atoms with Crippen LogP contribution >= 0.6 is 23.5 Å². The molecule has 0 unspecified atom stereocenters. The maximum Gasteiger partial charge on any atom is 0.335 e. The third-order valence-electron chi connectivity index (χ3n) is 3.71. The molecule has 0 fully saturated rings. The Balaban J connectivity index is 1.57. The Morgan fingerprint density at radius 1 is 0.567 bits per heavy atom. The number of esters is 2. The van der Waals surface area contributed by atoms with Crippen molar-refractivity contribution >= 4 is 35.5 Å². The third-order valence-corrected chi connectivity index (χ3v) is 5.74. The van der Waals surface area contributed by atoms with Gasteiger partial charge in [-0.3, -0.25) is 0 Å². The first-order chi connectivity index (χ1) is 14.6. The van der Waals surface area contributed by atoms with Crippen LogP contribution in [0.15, 0.2) is 118 Å². The Kier molecular flexibility index (Phi) is 7.54. The molecule has 0 amide bonds. The molecule has 4 nitrogen and oxygen atoms in total. The van der Waals surface area contributed by atoms with Gasteiger partial charge in [0.1, 0.15) is 11.5 Å². The van der Waals surface area contributed by atoms with Gasteiger partial charge in [0.05, 0.1) is 0 Å². The number of rotatable bonds is 8. The van der Waals surface area contributed by atoms with E-state index in [0.29, 0.717) is 11.5 Å². The van der Waals surface area contributed by atoms with E-state index in [1.165, 1.54) is 0 Å². The smallest absolute Gasteiger partial charge is 0.335 e. The first-order valence-corrected chi connectivity index (χ1v) is 10.5. The molecule has 0 aromatic heterocycles. The van der Waals surface area contributed by atoms with Gasteiger partial charge >= 0.3 is 11.9 Å². The van der Waals surface area contributed by atoms with Crippen molar-refractivity contribution in [2.45, 2.75) is 19.6 Å². The van der Waals surface area contributed by atoms with Gasteiger partial charge in [0.2, 0.25) is 0 Å². The molecule has 30 heavy (non-hydrogen) atoms. The average molecular weight is 435 g/mol. The highest BCUT2D eigenvalue weighted by molar-refractivity contribution is 7.99. The van der Waals surface area contributed by atoms with Gasteiger partial charge in [0.25, 0.3) is 0 Å². The summed E-state index contributed by atoms with van der Waals surface area (Å²) in [6, 6.07) is 22.8. The largest absolute Gasteiger partial charge is 0.423 e. The summed E-state index contributed by atoms with van der Waals surface area (Å²) in [5, 5.41) is 0. The van der Waals surface area contributed by atoms with Crippen LogP contribution < -0.4 is 9.47 Å². The Labute approximate surface area is 183 Å². The van der Waals surface area contributed by atoms with Crippen LogP contribution in [0.2, 0.25) is 0 Å². The van der Waals surface area contributed by atoms with Gasteiger partial charge < -0.3 is 9.47 Å². The van der Waals surface area contributed by atoms with E-state index in [2.05, 4.69) is 37.4 Å². The lowest BCUT2D eigenvalue weighted by atomic mass is 10.3. The lowest BCUT2D eigenvalue weighted by Crippen LogP contribution is -2.02. The van der Waals surface area contributed by atoms with Gasteiger partial charge in [-0.15, -0.1) is 0 Å². The lowest BCUT2D eigenvalue weighted by molar-refractivity contribution is -0.129. The zero-order chi connectivity index (χ0) is 21.3. The normalized spacial score (nSPS) is 10.1. The molecule has 0 aliphatic heterocycles. The number of carbonyl (C=O) groups is 2. The zero-order valence-electron chi connectivity index (χ0n) is 15.9. The van der Waals surface area contributed by atoms with E-state index in [9.17, 15) is 9.59 Å². The van der Waals surface area contributed by atoms with Crippen LogP contribution in [-0.2, 0) is 9.59 Å². The minimum Gasteiger partial charge on any atom is -0.423 e. The Morgan fingerprint density at radius 3 is 1.10 bits per heavy atom. The van der Waals surface area contributed by atoms with E-state index in [4.69, 9.17) is 9.47 Å². The van der Waals surface area contributed by atoms with E-state index in [1.807, 2.05) is 24.3 Å². The molecule has 0 saturated heterocycles. The summed E-state index contributed by atoms with van der Waals surface area (Å²) in [6.07, 6.45) is 2.27. The molecule has 0 heterocycles. The van der Waals surface area contributed by atoms with Crippen LogP contribution in [0.3, 0.4) is 0 Å². The second-order valence-corrected chi connectivity index (χ2v) is 8.16. The summed E-state index contributed by atoms with van der Waals surface area (Å²) in [6.45, 7) is 6.76. The number of benzene rings is 3. The van der Waals surface area contributed by atoms with Crippen LogP contribution in [0.5, 0.6) is 11.5 Å². The van der Waals surface area contributed by atoms with Gasteiger partial charge in [0.15, 0.2) is 0 Å². The summed E-state index contributed by atoms with van der Waals surface area (Å²) in [7, 11) is 0. The quantitative estimate of drug-likeness (QED) is 0.240. The van der Waals surface area contributed by atoms with Crippen molar-refractivity contribution in [3.05, 3.63) is 98.1 Å². The molecule has 0 spiro atoms. The fraction of sp³-hybridized carbons (Fsp3) is 0. The fourth-order valence-electron chi connectivity index (χ4n) is 2.31. The molecule has 0 radical (unpaired) electrons. The first-order valence-electron chi connectivity index (χ1n) is 8.90. The Morgan fingerprint density at radius 2 is 0.833 bits per heavy atom. The molecule has 0 saturated carbocycles. The third kappa shape index (κ3) is 6.40. The number of carbonyl (C=O) groups excluding carboxylic acids is 2. The summed E-state index contributed by atoms with van der Waals surface area (Å²) in [5.74, 6) is 0.0226. The molecule has 3 aromatic rings. The molecule has 3 rings (SSSR count). The fourth-order valence-corrected chi connectivity index (χ4v) is 3.95. The highest BCUT2D eigenvalue weighted by atomic mass is 32.2. The molecule has 0 aliphatic carbocycles. The predicted molar refractivity (Wildman–Crippen MR) is 119 cm³/mol. The molecule has 0 N–H and O–H groups in total. The second-order valence-electron chi connectivity index (χ2n) is 5.87. The minimum atomic E-state index is -0.476. The van der Waals surface area contributed by atoms with Crippen molar-refractivity contribution in [2.75, 3.05) is 0 Å². The molecule has 6 heteroatoms. The van der Waals surface area contributed by atoms with E-state index in [0.717, 1.165) is 31.7 Å². The molecule has 0 aliphatic rings. The van der Waals surface area contributed by atoms with Gasteiger partial charge in [0, 0.05) is 31.7 Å².